The predicted molar refractivity (Wildman–Crippen MR) is 86.4 cm³/mol. The van der Waals surface area contributed by atoms with Gasteiger partial charge in [0, 0.05) is 19.5 Å². The van der Waals surface area contributed by atoms with Crippen molar-refractivity contribution in [1.29, 1.82) is 0 Å². The van der Waals surface area contributed by atoms with E-state index in [9.17, 15) is 18.0 Å². The summed E-state index contributed by atoms with van der Waals surface area (Å²) < 4.78 is 22.8. The first kappa shape index (κ1) is 16.7. The second kappa shape index (κ2) is 6.42. The summed E-state index contributed by atoms with van der Waals surface area (Å²) >= 11 is 0. The van der Waals surface area contributed by atoms with Gasteiger partial charge in [0.2, 0.25) is 11.8 Å². The number of hydrogen-bond acceptors (Lipinski definition) is 4. The summed E-state index contributed by atoms with van der Waals surface area (Å²) in [4.78, 5) is 26.1. The molecule has 1 unspecified atom stereocenters. The van der Waals surface area contributed by atoms with Gasteiger partial charge < -0.3 is 10.2 Å². The summed E-state index contributed by atoms with van der Waals surface area (Å²) in [7, 11) is -3.00. The number of nitrogens with one attached hydrogen (secondary N) is 1. The molecule has 1 aliphatic heterocycles. The average Bonchev–Trinajstić information content (AvgIpc) is 3.37. The lowest BCUT2D eigenvalue weighted by Crippen LogP contribution is -2.51. The SMILES string of the molecule is CC(NC(=O)CC(C1CC1)C1CC1)C(=O)N1CCS(=O)(=O)CC1. The lowest BCUT2D eigenvalue weighted by Gasteiger charge is -2.29. The molecule has 1 N–H and O–H groups in total. The van der Waals surface area contributed by atoms with E-state index in [0.29, 0.717) is 24.2 Å². The molecule has 0 bridgehead atoms. The molecule has 3 aliphatic rings. The average molecular weight is 342 g/mol. The highest BCUT2D eigenvalue weighted by molar-refractivity contribution is 7.91. The highest BCUT2D eigenvalue weighted by Crippen LogP contribution is 2.50. The monoisotopic (exact) mass is 342 g/mol. The van der Waals surface area contributed by atoms with Gasteiger partial charge in [0.15, 0.2) is 9.84 Å². The summed E-state index contributed by atoms with van der Waals surface area (Å²) in [6.07, 6.45) is 5.49. The quantitative estimate of drug-likeness (QED) is 0.765. The predicted octanol–water partition coefficient (Wildman–Crippen LogP) is 0.574. The molecule has 1 heterocycles. The van der Waals surface area contributed by atoms with Crippen LogP contribution in [0.15, 0.2) is 0 Å². The third kappa shape index (κ3) is 4.46. The number of rotatable bonds is 6. The Morgan fingerprint density at radius 1 is 1.09 bits per heavy atom. The molecule has 2 aliphatic carbocycles. The van der Waals surface area contributed by atoms with Gasteiger partial charge in [-0.3, -0.25) is 9.59 Å². The minimum atomic E-state index is -3.00. The zero-order chi connectivity index (χ0) is 16.6. The molecule has 130 valence electrons. The van der Waals surface area contributed by atoms with Gasteiger partial charge in [-0.1, -0.05) is 0 Å². The van der Waals surface area contributed by atoms with Gasteiger partial charge in [-0.15, -0.1) is 0 Å². The highest BCUT2D eigenvalue weighted by atomic mass is 32.2. The molecular formula is C16H26N2O4S. The minimum Gasteiger partial charge on any atom is -0.345 e. The summed E-state index contributed by atoms with van der Waals surface area (Å²) in [5.41, 5.74) is 0. The number of sulfone groups is 1. The van der Waals surface area contributed by atoms with E-state index >= 15 is 0 Å². The largest absolute Gasteiger partial charge is 0.345 e. The third-order valence-corrected chi connectivity index (χ3v) is 6.89. The van der Waals surface area contributed by atoms with Gasteiger partial charge in [-0.05, 0) is 50.4 Å². The summed E-state index contributed by atoms with van der Waals surface area (Å²) in [5, 5.41) is 2.81. The van der Waals surface area contributed by atoms with E-state index in [-0.39, 0.29) is 36.4 Å². The van der Waals surface area contributed by atoms with E-state index in [2.05, 4.69) is 5.32 Å². The lowest BCUT2D eigenvalue weighted by molar-refractivity contribution is -0.136. The first-order valence-electron chi connectivity index (χ1n) is 8.64. The van der Waals surface area contributed by atoms with Crippen molar-refractivity contribution in [2.75, 3.05) is 24.6 Å². The van der Waals surface area contributed by atoms with Gasteiger partial charge in [0.05, 0.1) is 11.5 Å². The molecule has 1 saturated heterocycles. The zero-order valence-corrected chi connectivity index (χ0v) is 14.5. The van der Waals surface area contributed by atoms with Crippen LogP contribution in [0.4, 0.5) is 0 Å². The fourth-order valence-electron chi connectivity index (χ4n) is 3.55. The number of hydrogen-bond donors (Lipinski definition) is 1. The molecule has 0 spiro atoms. The van der Waals surface area contributed by atoms with Gasteiger partial charge >= 0.3 is 0 Å². The van der Waals surface area contributed by atoms with E-state index in [0.717, 1.165) is 0 Å². The maximum atomic E-state index is 12.3. The van der Waals surface area contributed by atoms with E-state index in [1.165, 1.54) is 25.7 Å². The van der Waals surface area contributed by atoms with Crippen LogP contribution in [0, 0.1) is 17.8 Å². The molecule has 6 nitrogen and oxygen atoms in total. The fraction of sp³-hybridized carbons (Fsp3) is 0.875. The van der Waals surface area contributed by atoms with Crippen LogP contribution in [0.5, 0.6) is 0 Å². The van der Waals surface area contributed by atoms with E-state index in [1.54, 1.807) is 11.8 Å². The van der Waals surface area contributed by atoms with Crippen LogP contribution in [0.1, 0.15) is 39.0 Å². The summed E-state index contributed by atoms with van der Waals surface area (Å²) in [5.74, 6) is 1.74. The molecule has 2 amide bonds. The van der Waals surface area contributed by atoms with Crippen molar-refractivity contribution in [3.8, 4) is 0 Å². The zero-order valence-electron chi connectivity index (χ0n) is 13.7. The van der Waals surface area contributed by atoms with Crippen molar-refractivity contribution in [1.82, 2.24) is 10.2 Å². The molecule has 0 radical (unpaired) electrons. The van der Waals surface area contributed by atoms with Crippen LogP contribution < -0.4 is 5.32 Å². The third-order valence-electron chi connectivity index (χ3n) is 5.28. The molecule has 3 fully saturated rings. The highest BCUT2D eigenvalue weighted by Gasteiger charge is 2.42. The van der Waals surface area contributed by atoms with Crippen molar-refractivity contribution in [3.63, 3.8) is 0 Å². The smallest absolute Gasteiger partial charge is 0.244 e. The number of carbonyl (C=O) groups excluding carboxylic acids is 2. The Morgan fingerprint density at radius 3 is 2.09 bits per heavy atom. The van der Waals surface area contributed by atoms with Crippen molar-refractivity contribution < 1.29 is 18.0 Å². The van der Waals surface area contributed by atoms with E-state index < -0.39 is 15.9 Å². The fourth-order valence-corrected chi connectivity index (χ4v) is 4.75. The number of nitrogens with zero attached hydrogens (tertiary/aromatic N) is 1. The first-order chi connectivity index (χ1) is 10.9. The van der Waals surface area contributed by atoms with Crippen LogP contribution in [0.2, 0.25) is 0 Å². The molecule has 2 saturated carbocycles. The van der Waals surface area contributed by atoms with Crippen molar-refractivity contribution >= 4 is 21.7 Å². The van der Waals surface area contributed by atoms with Gasteiger partial charge in [-0.25, -0.2) is 8.42 Å². The Kier molecular flexibility index (Phi) is 4.67. The van der Waals surface area contributed by atoms with Crippen LogP contribution in [-0.4, -0.2) is 55.8 Å². The van der Waals surface area contributed by atoms with Crippen LogP contribution in [0.3, 0.4) is 0 Å². The number of amides is 2. The number of carbonyl (C=O) groups is 2. The Balaban J connectivity index is 1.46. The molecule has 1 atom stereocenters. The maximum Gasteiger partial charge on any atom is 0.244 e. The van der Waals surface area contributed by atoms with Crippen molar-refractivity contribution in [3.05, 3.63) is 0 Å². The first-order valence-corrected chi connectivity index (χ1v) is 10.5. The standard InChI is InChI=1S/C16H26N2O4S/c1-11(16(20)18-6-8-23(21,22)9-7-18)17-15(19)10-14(12-2-3-12)13-4-5-13/h11-14H,2-10H2,1H3,(H,17,19). The lowest BCUT2D eigenvalue weighted by atomic mass is 9.93. The van der Waals surface area contributed by atoms with Crippen LogP contribution in [0.25, 0.3) is 0 Å². The summed E-state index contributed by atoms with van der Waals surface area (Å²) in [6.45, 7) is 2.15. The van der Waals surface area contributed by atoms with E-state index in [4.69, 9.17) is 0 Å². The molecule has 0 aromatic heterocycles. The van der Waals surface area contributed by atoms with E-state index in [1.807, 2.05) is 0 Å². The Hall–Kier alpha value is -1.11. The second-order valence-corrected chi connectivity index (χ2v) is 9.61. The topological polar surface area (TPSA) is 83.6 Å². The minimum absolute atomic E-state index is 0.0187. The molecule has 0 aromatic carbocycles. The Bertz CT molecular complexity index is 555. The Labute approximate surface area is 137 Å². The summed E-state index contributed by atoms with van der Waals surface area (Å²) in [6, 6.07) is -0.581. The van der Waals surface area contributed by atoms with Crippen molar-refractivity contribution in [2.45, 2.75) is 45.1 Å². The van der Waals surface area contributed by atoms with Crippen molar-refractivity contribution in [2.24, 2.45) is 17.8 Å². The molecule has 3 rings (SSSR count). The molecular weight excluding hydrogens is 316 g/mol. The van der Waals surface area contributed by atoms with Gasteiger partial charge in [0.25, 0.3) is 0 Å². The van der Waals surface area contributed by atoms with Crippen LogP contribution in [-0.2, 0) is 19.4 Å². The molecule has 0 aromatic rings. The molecule has 7 heteroatoms. The van der Waals surface area contributed by atoms with Crippen LogP contribution >= 0.6 is 0 Å². The second-order valence-electron chi connectivity index (χ2n) is 7.31. The maximum absolute atomic E-state index is 12.3. The normalized spacial score (nSPS) is 25.2. The molecule has 23 heavy (non-hydrogen) atoms. The Morgan fingerprint density at radius 2 is 1.61 bits per heavy atom. The van der Waals surface area contributed by atoms with Gasteiger partial charge in [0.1, 0.15) is 6.04 Å². The van der Waals surface area contributed by atoms with Gasteiger partial charge in [-0.2, -0.15) is 0 Å².